The summed E-state index contributed by atoms with van der Waals surface area (Å²) < 4.78 is 4.89. The van der Waals surface area contributed by atoms with Gasteiger partial charge in [-0.15, -0.1) is 0 Å². The number of hydrogen-bond acceptors (Lipinski definition) is 0. The number of aromatic nitrogens is 2. The van der Waals surface area contributed by atoms with Gasteiger partial charge < -0.3 is 9.13 Å². The summed E-state index contributed by atoms with van der Waals surface area (Å²) in [5, 5.41) is 5.05. The van der Waals surface area contributed by atoms with Crippen LogP contribution >= 0.6 is 0 Å². The average molecular weight is 727 g/mol. The van der Waals surface area contributed by atoms with E-state index in [0.717, 1.165) is 11.4 Å². The molecule has 0 atom stereocenters. The maximum atomic E-state index is 2.44. The molecule has 2 aromatic heterocycles. The summed E-state index contributed by atoms with van der Waals surface area (Å²) in [6.07, 6.45) is 0. The first kappa shape index (κ1) is 33.0. The fourth-order valence-corrected chi connectivity index (χ4v) is 8.81. The lowest BCUT2D eigenvalue weighted by Gasteiger charge is -2.12. The van der Waals surface area contributed by atoms with E-state index in [2.05, 4.69) is 228 Å². The van der Waals surface area contributed by atoms with Crippen LogP contribution in [-0.4, -0.2) is 9.13 Å². The second kappa shape index (κ2) is 13.4. The predicted molar refractivity (Wildman–Crippen MR) is 242 cm³/mol. The first-order valence-corrected chi connectivity index (χ1v) is 19.7. The van der Waals surface area contributed by atoms with Crippen molar-refractivity contribution >= 4 is 43.6 Å². The number of aryl methyl sites for hydroxylation is 1. The highest BCUT2D eigenvalue weighted by Gasteiger charge is 2.21. The highest BCUT2D eigenvalue weighted by atomic mass is 15.0. The molecule has 2 heteroatoms. The molecule has 2 nitrogen and oxygen atoms in total. The minimum atomic E-state index is 1.15. The van der Waals surface area contributed by atoms with E-state index in [4.69, 9.17) is 0 Å². The zero-order chi connectivity index (χ0) is 37.9. The van der Waals surface area contributed by atoms with Gasteiger partial charge in [-0.25, -0.2) is 0 Å². The lowest BCUT2D eigenvalue weighted by atomic mass is 9.99. The second-order valence-corrected chi connectivity index (χ2v) is 15.0. The van der Waals surface area contributed by atoms with Crippen molar-refractivity contribution in [3.63, 3.8) is 0 Å². The summed E-state index contributed by atoms with van der Waals surface area (Å²) in [6, 6.07) is 77.5. The van der Waals surface area contributed by atoms with Crippen LogP contribution in [0.1, 0.15) is 5.56 Å². The summed E-state index contributed by atoms with van der Waals surface area (Å²) in [4.78, 5) is 0. The average Bonchev–Trinajstić information content (AvgIpc) is 3.80. The highest BCUT2D eigenvalue weighted by Crippen LogP contribution is 2.43. The molecule has 2 heterocycles. The molecule has 9 aromatic carbocycles. The fraction of sp³-hybridized carbons (Fsp3) is 0.0182. The molecule has 0 saturated heterocycles. The highest BCUT2D eigenvalue weighted by molar-refractivity contribution is 6.29. The molecule has 0 N–H and O–H groups in total. The van der Waals surface area contributed by atoms with Crippen molar-refractivity contribution in [2.75, 3.05) is 0 Å². The van der Waals surface area contributed by atoms with Crippen molar-refractivity contribution in [1.29, 1.82) is 0 Å². The maximum absolute atomic E-state index is 2.44. The van der Waals surface area contributed by atoms with Crippen LogP contribution in [0, 0.1) is 6.92 Å². The number of para-hydroxylation sites is 2. The largest absolute Gasteiger partial charge is 0.309 e. The number of benzene rings is 9. The number of fused-ring (bicyclic) bond motifs is 7. The Labute approximate surface area is 332 Å². The van der Waals surface area contributed by atoms with E-state index in [0.29, 0.717) is 0 Å². The Morgan fingerprint density at radius 1 is 0.263 bits per heavy atom. The minimum Gasteiger partial charge on any atom is -0.309 e. The fourth-order valence-electron chi connectivity index (χ4n) is 8.81. The van der Waals surface area contributed by atoms with Gasteiger partial charge in [0.2, 0.25) is 0 Å². The monoisotopic (exact) mass is 726 g/mol. The van der Waals surface area contributed by atoms with Crippen LogP contribution in [0.15, 0.2) is 212 Å². The molecule has 11 rings (SSSR count). The van der Waals surface area contributed by atoms with E-state index in [-0.39, 0.29) is 0 Å². The molecule has 0 aliphatic rings. The first-order chi connectivity index (χ1) is 28.2. The van der Waals surface area contributed by atoms with Gasteiger partial charge in [-0.1, -0.05) is 169 Å². The van der Waals surface area contributed by atoms with Gasteiger partial charge in [-0.3, -0.25) is 0 Å². The van der Waals surface area contributed by atoms with E-state index in [1.165, 1.54) is 93.7 Å². The molecule has 0 aliphatic heterocycles. The number of hydrogen-bond donors (Lipinski definition) is 0. The maximum Gasteiger partial charge on any atom is 0.0548 e. The van der Waals surface area contributed by atoms with Gasteiger partial charge in [0.1, 0.15) is 0 Å². The molecule has 57 heavy (non-hydrogen) atoms. The van der Waals surface area contributed by atoms with Crippen LogP contribution in [0.25, 0.3) is 99.5 Å². The second-order valence-electron chi connectivity index (χ2n) is 15.0. The Morgan fingerprint density at radius 3 is 1.07 bits per heavy atom. The van der Waals surface area contributed by atoms with Crippen LogP contribution in [0.2, 0.25) is 0 Å². The zero-order valence-corrected chi connectivity index (χ0v) is 31.6. The van der Waals surface area contributed by atoms with Crippen molar-refractivity contribution in [1.82, 2.24) is 9.13 Å². The molecular weight excluding hydrogens is 689 g/mol. The van der Waals surface area contributed by atoms with Crippen LogP contribution in [0.3, 0.4) is 0 Å². The molecule has 0 saturated carbocycles. The molecule has 0 amide bonds. The molecule has 0 radical (unpaired) electrons. The van der Waals surface area contributed by atoms with E-state index in [9.17, 15) is 0 Å². The molecule has 0 aliphatic carbocycles. The summed E-state index contributed by atoms with van der Waals surface area (Å²) >= 11 is 0. The van der Waals surface area contributed by atoms with Crippen molar-refractivity contribution in [2.45, 2.75) is 6.92 Å². The standard InChI is InChI=1S/C55H38N2/c1-37-21-23-39(24-22-37)41-27-31-43(32-28-41)45-14-10-16-47(36-45)57-51-20-8-6-18-49(51)55-53(57)34-33-52-54(55)48-17-5-7-19-50(48)56(52)46-15-9-13-44(35-46)42-29-25-40(26-30-42)38-11-3-2-4-12-38/h2-36H,1H3. The first-order valence-electron chi connectivity index (χ1n) is 19.7. The Morgan fingerprint density at radius 2 is 0.614 bits per heavy atom. The van der Waals surface area contributed by atoms with E-state index >= 15 is 0 Å². The lowest BCUT2D eigenvalue weighted by molar-refractivity contribution is 1.17. The molecule has 0 bridgehead atoms. The lowest BCUT2D eigenvalue weighted by Crippen LogP contribution is -1.95. The van der Waals surface area contributed by atoms with E-state index in [1.54, 1.807) is 0 Å². The third kappa shape index (κ3) is 5.57. The Hall–Kier alpha value is -7.42. The van der Waals surface area contributed by atoms with Crippen LogP contribution in [0.4, 0.5) is 0 Å². The summed E-state index contributed by atoms with van der Waals surface area (Å²) in [6.45, 7) is 2.13. The summed E-state index contributed by atoms with van der Waals surface area (Å²) in [5.74, 6) is 0. The van der Waals surface area contributed by atoms with Crippen molar-refractivity contribution < 1.29 is 0 Å². The molecular formula is C55H38N2. The van der Waals surface area contributed by atoms with Crippen molar-refractivity contribution in [3.8, 4) is 55.9 Å². The Kier molecular flexibility index (Phi) is 7.75. The minimum absolute atomic E-state index is 1.15. The SMILES string of the molecule is Cc1ccc(-c2ccc(-c3cccc(-n4c5ccccc5c5c6c7ccccc7n(-c7cccc(-c8ccc(-c9ccccc9)cc8)c7)c6ccc54)c3)cc2)cc1. The van der Waals surface area contributed by atoms with Gasteiger partial charge in [0.25, 0.3) is 0 Å². The van der Waals surface area contributed by atoms with Crippen molar-refractivity contribution in [3.05, 3.63) is 218 Å². The van der Waals surface area contributed by atoms with Gasteiger partial charge in [0, 0.05) is 32.9 Å². The van der Waals surface area contributed by atoms with E-state index in [1.807, 2.05) is 0 Å². The normalized spacial score (nSPS) is 11.6. The van der Waals surface area contributed by atoms with Gasteiger partial charge >= 0.3 is 0 Å². The Balaban J connectivity index is 1.05. The summed E-state index contributed by atoms with van der Waals surface area (Å²) in [5.41, 5.74) is 18.1. The molecule has 0 spiro atoms. The number of nitrogens with zero attached hydrogens (tertiary/aromatic N) is 2. The Bertz CT molecular complexity index is 3250. The van der Waals surface area contributed by atoms with Gasteiger partial charge in [0.15, 0.2) is 0 Å². The van der Waals surface area contributed by atoms with Crippen LogP contribution in [-0.2, 0) is 0 Å². The van der Waals surface area contributed by atoms with Crippen LogP contribution in [0.5, 0.6) is 0 Å². The molecule has 0 fully saturated rings. The number of rotatable bonds is 6. The molecule has 11 aromatic rings. The van der Waals surface area contributed by atoms with Crippen LogP contribution < -0.4 is 0 Å². The van der Waals surface area contributed by atoms with Gasteiger partial charge in [-0.2, -0.15) is 0 Å². The third-order valence-corrected chi connectivity index (χ3v) is 11.6. The van der Waals surface area contributed by atoms with Gasteiger partial charge in [0.05, 0.1) is 22.1 Å². The van der Waals surface area contributed by atoms with Gasteiger partial charge in [-0.05, 0) is 100.0 Å². The third-order valence-electron chi connectivity index (χ3n) is 11.6. The smallest absolute Gasteiger partial charge is 0.0548 e. The quantitative estimate of drug-likeness (QED) is 0.161. The van der Waals surface area contributed by atoms with E-state index < -0.39 is 0 Å². The summed E-state index contributed by atoms with van der Waals surface area (Å²) in [7, 11) is 0. The van der Waals surface area contributed by atoms with Crippen molar-refractivity contribution in [2.24, 2.45) is 0 Å². The predicted octanol–water partition coefficient (Wildman–Crippen LogP) is 14.9. The molecule has 268 valence electrons. The molecule has 0 unspecified atom stereocenters. The zero-order valence-electron chi connectivity index (χ0n) is 31.6. The topological polar surface area (TPSA) is 9.86 Å².